The Labute approximate surface area is 277 Å². The highest BCUT2D eigenvalue weighted by molar-refractivity contribution is 6.26. The Bertz CT molecular complexity index is 2760. The second-order valence-corrected chi connectivity index (χ2v) is 12.4. The van der Waals surface area contributed by atoms with E-state index in [1.165, 1.54) is 54.9 Å². The van der Waals surface area contributed by atoms with Crippen LogP contribution < -0.4 is 0 Å². The molecule has 224 valence electrons. The summed E-state index contributed by atoms with van der Waals surface area (Å²) in [5.41, 5.74) is 12.5. The van der Waals surface area contributed by atoms with Crippen molar-refractivity contribution < 1.29 is 4.42 Å². The molecule has 0 saturated heterocycles. The minimum atomic E-state index is 0.900. The molecule has 0 atom stereocenters. The second-order valence-electron chi connectivity index (χ2n) is 12.4. The molecular weight excluding hydrogens is 583 g/mol. The van der Waals surface area contributed by atoms with Gasteiger partial charge in [0, 0.05) is 22.0 Å². The number of benzene rings is 8. The van der Waals surface area contributed by atoms with Crippen molar-refractivity contribution in [2.45, 2.75) is 0 Å². The van der Waals surface area contributed by atoms with Crippen LogP contribution in [0.15, 0.2) is 180 Å². The number of aromatic nitrogens is 1. The van der Waals surface area contributed by atoms with Crippen LogP contribution in [0.1, 0.15) is 0 Å². The van der Waals surface area contributed by atoms with Gasteiger partial charge in [0.1, 0.15) is 11.1 Å². The van der Waals surface area contributed by atoms with Gasteiger partial charge >= 0.3 is 0 Å². The standard InChI is InChI=1S/C46H29NO/c1-3-16-30(17-4-1)32-20-7-8-21-33(32)42-34-22-9-11-24-36(34)43(37-25-12-10-23-35(37)42)39-27-15-28-40-44(39)47(31-18-5-2-6-19-31)45-38-26-13-14-29-41(38)48-46(40)45/h1-29H. The minimum Gasteiger partial charge on any atom is -0.454 e. The SMILES string of the molecule is c1ccc(-c2ccccc2-c2c3ccccc3c(-c3cccc4c5oc6ccccc6c5n(-c5ccccc5)c34)c3ccccc23)cc1. The molecule has 0 N–H and O–H groups in total. The maximum Gasteiger partial charge on any atom is 0.161 e. The van der Waals surface area contributed by atoms with Crippen LogP contribution in [0.25, 0.3) is 93.6 Å². The van der Waals surface area contributed by atoms with Gasteiger partial charge in [0.05, 0.1) is 5.52 Å². The number of hydrogen-bond donors (Lipinski definition) is 0. The Morgan fingerprint density at radius 2 is 0.812 bits per heavy atom. The summed E-state index contributed by atoms with van der Waals surface area (Å²) in [5, 5.41) is 7.14. The molecule has 8 aromatic carbocycles. The van der Waals surface area contributed by atoms with Crippen molar-refractivity contribution >= 4 is 54.5 Å². The molecule has 0 unspecified atom stereocenters. The third-order valence-corrected chi connectivity index (χ3v) is 9.79. The average molecular weight is 612 g/mol. The normalized spacial score (nSPS) is 11.8. The Morgan fingerprint density at radius 1 is 0.333 bits per heavy atom. The number of nitrogens with zero attached hydrogens (tertiary/aromatic N) is 1. The van der Waals surface area contributed by atoms with Gasteiger partial charge in [0.25, 0.3) is 0 Å². The summed E-state index contributed by atoms with van der Waals surface area (Å²) in [6.45, 7) is 0. The van der Waals surface area contributed by atoms with Crippen LogP contribution in [0.5, 0.6) is 0 Å². The molecule has 0 fully saturated rings. The van der Waals surface area contributed by atoms with Gasteiger partial charge in [-0.05, 0) is 79.7 Å². The fourth-order valence-corrected chi connectivity index (χ4v) is 7.83. The van der Waals surface area contributed by atoms with Crippen molar-refractivity contribution in [2.75, 3.05) is 0 Å². The second kappa shape index (κ2) is 10.6. The first-order valence-electron chi connectivity index (χ1n) is 16.5. The zero-order valence-electron chi connectivity index (χ0n) is 26.1. The van der Waals surface area contributed by atoms with E-state index in [-0.39, 0.29) is 0 Å². The summed E-state index contributed by atoms with van der Waals surface area (Å²) < 4.78 is 9.06. The van der Waals surface area contributed by atoms with Gasteiger partial charge in [-0.25, -0.2) is 0 Å². The minimum absolute atomic E-state index is 0.900. The fourth-order valence-electron chi connectivity index (χ4n) is 7.83. The Balaban J connectivity index is 1.37. The molecule has 10 aromatic rings. The zero-order valence-corrected chi connectivity index (χ0v) is 26.1. The lowest BCUT2D eigenvalue weighted by Crippen LogP contribution is -1.97. The van der Waals surface area contributed by atoms with Gasteiger partial charge in [0.2, 0.25) is 0 Å². The lowest BCUT2D eigenvalue weighted by molar-refractivity contribution is 0.673. The highest BCUT2D eigenvalue weighted by Gasteiger charge is 2.25. The summed E-state index contributed by atoms with van der Waals surface area (Å²) in [7, 11) is 0. The number of hydrogen-bond acceptors (Lipinski definition) is 1. The summed E-state index contributed by atoms with van der Waals surface area (Å²) in [5.74, 6) is 0. The van der Waals surface area contributed by atoms with Crippen LogP contribution in [-0.4, -0.2) is 4.57 Å². The lowest BCUT2D eigenvalue weighted by Gasteiger charge is -2.20. The van der Waals surface area contributed by atoms with Crippen molar-refractivity contribution in [3.05, 3.63) is 176 Å². The monoisotopic (exact) mass is 611 g/mol. The highest BCUT2D eigenvalue weighted by Crippen LogP contribution is 2.49. The largest absolute Gasteiger partial charge is 0.454 e. The molecule has 2 nitrogen and oxygen atoms in total. The molecule has 0 bridgehead atoms. The predicted molar refractivity (Wildman–Crippen MR) is 202 cm³/mol. The molecule has 0 radical (unpaired) electrons. The third kappa shape index (κ3) is 3.87. The van der Waals surface area contributed by atoms with E-state index in [4.69, 9.17) is 4.42 Å². The maximum atomic E-state index is 6.65. The van der Waals surface area contributed by atoms with Gasteiger partial charge in [-0.2, -0.15) is 0 Å². The van der Waals surface area contributed by atoms with Crippen molar-refractivity contribution in [1.29, 1.82) is 0 Å². The summed E-state index contributed by atoms with van der Waals surface area (Å²) in [4.78, 5) is 0. The number of furan rings is 1. The molecule has 2 heteroatoms. The molecular formula is C46H29NO. The van der Waals surface area contributed by atoms with Gasteiger partial charge in [-0.1, -0.05) is 146 Å². The lowest BCUT2D eigenvalue weighted by atomic mass is 9.83. The van der Waals surface area contributed by atoms with E-state index in [1.807, 2.05) is 6.07 Å². The van der Waals surface area contributed by atoms with Gasteiger partial charge in [-0.3, -0.25) is 0 Å². The first-order chi connectivity index (χ1) is 23.9. The van der Waals surface area contributed by atoms with Crippen LogP contribution in [0.3, 0.4) is 0 Å². The number of para-hydroxylation sites is 3. The highest BCUT2D eigenvalue weighted by atomic mass is 16.3. The predicted octanol–water partition coefficient (Wildman–Crippen LogP) is 12.8. The van der Waals surface area contributed by atoms with Gasteiger partial charge in [-0.15, -0.1) is 0 Å². The number of rotatable bonds is 4. The van der Waals surface area contributed by atoms with Crippen LogP contribution in [-0.2, 0) is 0 Å². The first-order valence-corrected chi connectivity index (χ1v) is 16.5. The van der Waals surface area contributed by atoms with E-state index in [2.05, 4.69) is 174 Å². The topological polar surface area (TPSA) is 18.1 Å². The molecule has 0 aliphatic rings. The summed E-state index contributed by atoms with van der Waals surface area (Å²) >= 11 is 0. The number of fused-ring (bicyclic) bond motifs is 7. The quantitative estimate of drug-likeness (QED) is 0.181. The van der Waals surface area contributed by atoms with Gasteiger partial charge in [0.15, 0.2) is 5.58 Å². The molecule has 48 heavy (non-hydrogen) atoms. The first kappa shape index (κ1) is 26.8. The van der Waals surface area contributed by atoms with Crippen LogP contribution in [0.4, 0.5) is 0 Å². The Morgan fingerprint density at radius 3 is 1.48 bits per heavy atom. The van der Waals surface area contributed by atoms with Crippen molar-refractivity contribution in [1.82, 2.24) is 4.57 Å². The maximum absolute atomic E-state index is 6.65. The zero-order chi connectivity index (χ0) is 31.6. The summed E-state index contributed by atoms with van der Waals surface area (Å²) in [6.07, 6.45) is 0. The Hall–Kier alpha value is -6.38. The third-order valence-electron chi connectivity index (χ3n) is 9.79. The van der Waals surface area contributed by atoms with Crippen LogP contribution in [0, 0.1) is 0 Å². The van der Waals surface area contributed by atoms with E-state index in [1.54, 1.807) is 0 Å². The fraction of sp³-hybridized carbons (Fsp3) is 0. The Kier molecular flexibility index (Phi) is 5.91. The van der Waals surface area contributed by atoms with E-state index < -0.39 is 0 Å². The van der Waals surface area contributed by atoms with E-state index in [9.17, 15) is 0 Å². The molecule has 0 spiro atoms. The molecule has 2 heterocycles. The molecule has 0 amide bonds. The molecule has 10 rings (SSSR count). The van der Waals surface area contributed by atoms with E-state index >= 15 is 0 Å². The smallest absolute Gasteiger partial charge is 0.161 e. The van der Waals surface area contributed by atoms with Crippen molar-refractivity contribution in [3.63, 3.8) is 0 Å². The van der Waals surface area contributed by atoms with Crippen LogP contribution in [0.2, 0.25) is 0 Å². The molecule has 0 aliphatic heterocycles. The van der Waals surface area contributed by atoms with E-state index in [0.717, 1.165) is 38.7 Å². The molecule has 2 aromatic heterocycles. The molecule has 0 aliphatic carbocycles. The molecule has 0 saturated carbocycles. The van der Waals surface area contributed by atoms with Crippen LogP contribution >= 0.6 is 0 Å². The summed E-state index contributed by atoms with van der Waals surface area (Å²) in [6, 6.07) is 63.1. The van der Waals surface area contributed by atoms with Crippen molar-refractivity contribution in [3.8, 4) is 39.1 Å². The van der Waals surface area contributed by atoms with Crippen molar-refractivity contribution in [2.24, 2.45) is 0 Å². The average Bonchev–Trinajstić information content (AvgIpc) is 3.70. The van der Waals surface area contributed by atoms with Gasteiger partial charge < -0.3 is 8.98 Å². The van der Waals surface area contributed by atoms with E-state index in [0.29, 0.717) is 0 Å².